The van der Waals surface area contributed by atoms with E-state index in [-0.39, 0.29) is 6.10 Å². The lowest BCUT2D eigenvalue weighted by atomic mass is 10.0. The number of hydrogen-bond acceptors (Lipinski definition) is 3. The Morgan fingerprint density at radius 2 is 2.25 bits per heavy atom. The molecule has 0 saturated carbocycles. The zero-order chi connectivity index (χ0) is 14.5. The first-order valence-corrected chi connectivity index (χ1v) is 8.07. The van der Waals surface area contributed by atoms with Crippen LogP contribution in [0, 0.1) is 0 Å². The fourth-order valence-electron chi connectivity index (χ4n) is 2.82. The van der Waals surface area contributed by atoms with E-state index in [9.17, 15) is 5.11 Å². The van der Waals surface area contributed by atoms with Crippen LogP contribution in [0.4, 0.5) is 0 Å². The van der Waals surface area contributed by atoms with Crippen molar-refractivity contribution in [1.29, 1.82) is 0 Å². The zero-order valence-corrected chi connectivity index (χ0v) is 13.2. The second kappa shape index (κ2) is 7.43. The molecule has 1 aromatic rings. The Bertz CT molecular complexity index is 428. The number of aryl methyl sites for hydroxylation is 2. The first-order chi connectivity index (χ1) is 9.65. The van der Waals surface area contributed by atoms with E-state index in [0.29, 0.717) is 12.8 Å². The highest BCUT2D eigenvalue weighted by atomic mass is 35.5. The van der Waals surface area contributed by atoms with Gasteiger partial charge < -0.3 is 9.84 Å². The van der Waals surface area contributed by atoms with Gasteiger partial charge in [0.15, 0.2) is 0 Å². The molecule has 1 fully saturated rings. The molecule has 1 N–H and O–H groups in total. The van der Waals surface area contributed by atoms with Crippen molar-refractivity contribution in [2.45, 2.75) is 71.1 Å². The van der Waals surface area contributed by atoms with Crippen LogP contribution < -0.4 is 0 Å². The molecule has 2 unspecified atom stereocenters. The van der Waals surface area contributed by atoms with E-state index in [1.807, 2.05) is 18.5 Å². The first kappa shape index (κ1) is 15.8. The topological polar surface area (TPSA) is 47.3 Å². The highest BCUT2D eigenvalue weighted by Gasteiger charge is 2.22. The molecule has 2 atom stereocenters. The predicted molar refractivity (Wildman–Crippen MR) is 80.2 cm³/mol. The highest BCUT2D eigenvalue weighted by molar-refractivity contribution is 6.31. The summed E-state index contributed by atoms with van der Waals surface area (Å²) in [5.74, 6) is 0. The summed E-state index contributed by atoms with van der Waals surface area (Å²) < 4.78 is 7.59. The van der Waals surface area contributed by atoms with Gasteiger partial charge in [-0.1, -0.05) is 18.5 Å². The normalized spacial score (nSPS) is 21.1. The molecule has 1 aromatic heterocycles. The summed E-state index contributed by atoms with van der Waals surface area (Å²) in [5, 5.41) is 15.5. The Morgan fingerprint density at radius 1 is 1.45 bits per heavy atom. The van der Waals surface area contributed by atoms with Gasteiger partial charge in [-0.2, -0.15) is 5.10 Å². The highest BCUT2D eigenvalue weighted by Crippen LogP contribution is 2.25. The minimum atomic E-state index is -0.415. The van der Waals surface area contributed by atoms with Crippen molar-refractivity contribution in [2.24, 2.45) is 0 Å². The first-order valence-electron chi connectivity index (χ1n) is 7.69. The van der Waals surface area contributed by atoms with Crippen molar-refractivity contribution in [3.05, 3.63) is 16.4 Å². The minimum absolute atomic E-state index is 0.196. The van der Waals surface area contributed by atoms with E-state index in [1.165, 1.54) is 6.42 Å². The molecule has 0 bridgehead atoms. The predicted octanol–water partition coefficient (Wildman–Crippen LogP) is 2.98. The number of hydrogen-bond donors (Lipinski definition) is 1. The largest absolute Gasteiger partial charge is 0.393 e. The molecule has 20 heavy (non-hydrogen) atoms. The van der Waals surface area contributed by atoms with Gasteiger partial charge in [0.2, 0.25) is 0 Å². The van der Waals surface area contributed by atoms with Crippen LogP contribution in [0.3, 0.4) is 0 Å². The molecule has 1 aliphatic heterocycles. The van der Waals surface area contributed by atoms with E-state index in [1.54, 1.807) is 0 Å². The van der Waals surface area contributed by atoms with Crippen molar-refractivity contribution < 1.29 is 9.84 Å². The summed E-state index contributed by atoms with van der Waals surface area (Å²) >= 11 is 6.37. The van der Waals surface area contributed by atoms with Crippen molar-refractivity contribution in [2.75, 3.05) is 6.61 Å². The summed E-state index contributed by atoms with van der Waals surface area (Å²) in [4.78, 5) is 0. The van der Waals surface area contributed by atoms with E-state index >= 15 is 0 Å². The Balaban J connectivity index is 1.99. The second-order valence-corrected chi connectivity index (χ2v) is 5.84. The molecule has 0 aliphatic carbocycles. The number of ether oxygens (including phenoxy) is 1. The van der Waals surface area contributed by atoms with E-state index in [0.717, 1.165) is 48.8 Å². The standard InChI is InChI=1S/C15H25ClN2O2/c1-3-13-15(16)14(18(4-2)17-13)10-11(19)9-12-7-5-6-8-20-12/h11-12,19H,3-10H2,1-2H3. The number of nitrogens with zero attached hydrogens (tertiary/aromatic N) is 2. The fraction of sp³-hybridized carbons (Fsp3) is 0.800. The van der Waals surface area contributed by atoms with Crippen LogP contribution >= 0.6 is 11.6 Å². The van der Waals surface area contributed by atoms with E-state index in [4.69, 9.17) is 16.3 Å². The van der Waals surface area contributed by atoms with Crippen LogP contribution in [0.15, 0.2) is 0 Å². The maximum atomic E-state index is 10.3. The summed E-state index contributed by atoms with van der Waals surface area (Å²) in [6, 6.07) is 0. The van der Waals surface area contributed by atoms with Crippen LogP contribution in [0.2, 0.25) is 5.02 Å². The number of aliphatic hydroxyl groups excluding tert-OH is 1. The van der Waals surface area contributed by atoms with Crippen molar-refractivity contribution in [3.8, 4) is 0 Å². The molecule has 4 nitrogen and oxygen atoms in total. The number of aliphatic hydroxyl groups is 1. The molecule has 0 spiro atoms. The second-order valence-electron chi connectivity index (χ2n) is 5.46. The lowest BCUT2D eigenvalue weighted by Gasteiger charge is -2.24. The van der Waals surface area contributed by atoms with Crippen molar-refractivity contribution in [3.63, 3.8) is 0 Å². The quantitative estimate of drug-likeness (QED) is 0.878. The Kier molecular flexibility index (Phi) is 5.87. The number of aromatic nitrogens is 2. The van der Waals surface area contributed by atoms with Gasteiger partial charge in [-0.25, -0.2) is 0 Å². The fourth-order valence-corrected chi connectivity index (χ4v) is 3.16. The lowest BCUT2D eigenvalue weighted by Crippen LogP contribution is -2.26. The summed E-state index contributed by atoms with van der Waals surface area (Å²) in [5.41, 5.74) is 1.87. The SMILES string of the molecule is CCc1nn(CC)c(CC(O)CC2CCCCO2)c1Cl. The van der Waals surface area contributed by atoms with Gasteiger partial charge in [-0.05, 0) is 39.0 Å². The van der Waals surface area contributed by atoms with Gasteiger partial charge in [0.1, 0.15) is 0 Å². The minimum Gasteiger partial charge on any atom is -0.393 e. The Labute approximate surface area is 126 Å². The molecule has 5 heteroatoms. The molecule has 0 radical (unpaired) electrons. The molecule has 1 aliphatic rings. The molecular formula is C15H25ClN2O2. The molecule has 0 amide bonds. The van der Waals surface area contributed by atoms with Gasteiger partial charge >= 0.3 is 0 Å². The van der Waals surface area contributed by atoms with Crippen LogP contribution in [-0.2, 0) is 24.1 Å². The van der Waals surface area contributed by atoms with E-state index < -0.39 is 6.10 Å². The number of rotatable bonds is 6. The lowest BCUT2D eigenvalue weighted by molar-refractivity contribution is -0.0150. The van der Waals surface area contributed by atoms with E-state index in [2.05, 4.69) is 5.10 Å². The molecule has 114 valence electrons. The summed E-state index contributed by atoms with van der Waals surface area (Å²) in [7, 11) is 0. The Morgan fingerprint density at radius 3 is 2.85 bits per heavy atom. The van der Waals surface area contributed by atoms with Crippen LogP contribution in [0.25, 0.3) is 0 Å². The third-order valence-electron chi connectivity index (χ3n) is 3.93. The van der Waals surface area contributed by atoms with Gasteiger partial charge in [0.05, 0.1) is 28.6 Å². The van der Waals surface area contributed by atoms with Gasteiger partial charge in [-0.15, -0.1) is 0 Å². The summed E-state index contributed by atoms with van der Waals surface area (Å²) in [6.45, 7) is 5.69. The smallest absolute Gasteiger partial charge is 0.0850 e. The molecular weight excluding hydrogens is 276 g/mol. The summed E-state index contributed by atoms with van der Waals surface area (Å²) in [6.07, 6.45) is 5.24. The number of halogens is 1. The van der Waals surface area contributed by atoms with Crippen molar-refractivity contribution >= 4 is 11.6 Å². The average Bonchev–Trinajstić information content (AvgIpc) is 2.76. The van der Waals surface area contributed by atoms with Gasteiger partial charge in [-0.3, -0.25) is 4.68 Å². The molecule has 1 saturated heterocycles. The Hall–Kier alpha value is -0.580. The van der Waals surface area contributed by atoms with Crippen LogP contribution in [0.5, 0.6) is 0 Å². The zero-order valence-electron chi connectivity index (χ0n) is 12.4. The molecule has 2 rings (SSSR count). The molecule has 0 aromatic carbocycles. The van der Waals surface area contributed by atoms with Crippen molar-refractivity contribution in [1.82, 2.24) is 9.78 Å². The van der Waals surface area contributed by atoms with Gasteiger partial charge in [0, 0.05) is 19.6 Å². The van der Waals surface area contributed by atoms with Crippen LogP contribution in [-0.4, -0.2) is 33.7 Å². The average molecular weight is 301 g/mol. The van der Waals surface area contributed by atoms with Gasteiger partial charge in [0.25, 0.3) is 0 Å². The maximum Gasteiger partial charge on any atom is 0.0850 e. The third kappa shape index (κ3) is 3.74. The maximum absolute atomic E-state index is 10.3. The third-order valence-corrected chi connectivity index (χ3v) is 4.37. The van der Waals surface area contributed by atoms with Crippen LogP contribution in [0.1, 0.15) is 50.9 Å². The monoisotopic (exact) mass is 300 g/mol. The molecule has 2 heterocycles.